The predicted octanol–water partition coefficient (Wildman–Crippen LogP) is 2.81. The van der Waals surface area contributed by atoms with E-state index in [2.05, 4.69) is 0 Å². The van der Waals surface area contributed by atoms with Crippen molar-refractivity contribution in [2.45, 2.75) is 78.7 Å². The van der Waals surface area contributed by atoms with Gasteiger partial charge >= 0.3 is 6.09 Å². The summed E-state index contributed by atoms with van der Waals surface area (Å²) in [4.78, 5) is 14.2. The molecular formula is C16H31NO4. The van der Waals surface area contributed by atoms with E-state index >= 15 is 0 Å². The number of ether oxygens (including phenoxy) is 2. The highest BCUT2D eigenvalue weighted by Crippen LogP contribution is 2.27. The van der Waals surface area contributed by atoms with Crippen molar-refractivity contribution in [2.24, 2.45) is 5.41 Å². The van der Waals surface area contributed by atoms with Gasteiger partial charge in [0.05, 0.1) is 31.4 Å². The maximum atomic E-state index is 12.4. The van der Waals surface area contributed by atoms with Crippen LogP contribution < -0.4 is 0 Å². The summed E-state index contributed by atoms with van der Waals surface area (Å²) in [6, 6.07) is -0.205. The van der Waals surface area contributed by atoms with E-state index in [1.54, 1.807) is 4.90 Å². The van der Waals surface area contributed by atoms with E-state index in [0.717, 1.165) is 0 Å². The monoisotopic (exact) mass is 301 g/mol. The molecular weight excluding hydrogens is 270 g/mol. The summed E-state index contributed by atoms with van der Waals surface area (Å²) in [6.45, 7) is 14.4. The highest BCUT2D eigenvalue weighted by atomic mass is 16.6. The van der Waals surface area contributed by atoms with Crippen LogP contribution in [0, 0.1) is 5.41 Å². The molecule has 3 unspecified atom stereocenters. The third-order valence-electron chi connectivity index (χ3n) is 3.64. The Morgan fingerprint density at radius 3 is 2.33 bits per heavy atom. The van der Waals surface area contributed by atoms with Gasteiger partial charge in [-0.15, -0.1) is 0 Å². The number of amides is 1. The fourth-order valence-electron chi connectivity index (χ4n) is 2.33. The summed E-state index contributed by atoms with van der Waals surface area (Å²) in [6.07, 6.45) is -0.335. The van der Waals surface area contributed by atoms with Crippen LogP contribution in [0.1, 0.15) is 54.9 Å². The second kappa shape index (κ2) is 6.53. The largest absolute Gasteiger partial charge is 0.444 e. The minimum atomic E-state index is -0.525. The highest BCUT2D eigenvalue weighted by Gasteiger charge is 2.38. The molecule has 0 aromatic heterocycles. The first-order chi connectivity index (χ1) is 9.42. The Labute approximate surface area is 128 Å². The molecule has 1 N–H and O–H groups in total. The average molecular weight is 301 g/mol. The van der Waals surface area contributed by atoms with E-state index < -0.39 is 11.7 Å². The number of rotatable bonds is 2. The molecule has 0 aromatic rings. The Hall–Kier alpha value is -0.810. The number of hydrogen-bond donors (Lipinski definition) is 1. The maximum absolute atomic E-state index is 12.4. The van der Waals surface area contributed by atoms with E-state index in [-0.39, 0.29) is 23.6 Å². The van der Waals surface area contributed by atoms with Crippen molar-refractivity contribution in [2.75, 3.05) is 13.2 Å². The van der Waals surface area contributed by atoms with Crippen molar-refractivity contribution < 1.29 is 19.4 Å². The van der Waals surface area contributed by atoms with Gasteiger partial charge in [-0.25, -0.2) is 4.79 Å². The van der Waals surface area contributed by atoms with E-state index in [1.165, 1.54) is 0 Å². The van der Waals surface area contributed by atoms with Gasteiger partial charge in [0.2, 0.25) is 0 Å². The second-order valence-corrected chi connectivity index (χ2v) is 8.05. The van der Waals surface area contributed by atoms with E-state index in [1.807, 2.05) is 48.5 Å². The summed E-state index contributed by atoms with van der Waals surface area (Å²) in [7, 11) is 0. The number of aliphatic hydroxyl groups excluding tert-OH is 1. The van der Waals surface area contributed by atoms with Gasteiger partial charge in [0, 0.05) is 0 Å². The maximum Gasteiger partial charge on any atom is 0.410 e. The lowest BCUT2D eigenvalue weighted by molar-refractivity contribution is -0.0741. The molecule has 0 saturated carbocycles. The minimum Gasteiger partial charge on any atom is -0.444 e. The van der Waals surface area contributed by atoms with Crippen LogP contribution in [0.4, 0.5) is 4.79 Å². The quantitative estimate of drug-likeness (QED) is 0.852. The topological polar surface area (TPSA) is 59.0 Å². The SMILES string of the molecule is CC1COCC(CC(O)C(C)(C)C)N1C(=O)OC(C)(C)C. The number of carbonyl (C=O) groups excluding carboxylic acids is 1. The third kappa shape index (κ3) is 5.47. The van der Waals surface area contributed by atoms with Gasteiger partial charge in [0.1, 0.15) is 5.60 Å². The molecule has 1 saturated heterocycles. The van der Waals surface area contributed by atoms with Crippen LogP contribution in [0.5, 0.6) is 0 Å². The van der Waals surface area contributed by atoms with E-state index in [0.29, 0.717) is 19.6 Å². The Morgan fingerprint density at radius 2 is 1.86 bits per heavy atom. The van der Waals surface area contributed by atoms with Gasteiger partial charge in [-0.2, -0.15) is 0 Å². The smallest absolute Gasteiger partial charge is 0.410 e. The zero-order valence-electron chi connectivity index (χ0n) is 14.5. The number of hydrogen-bond acceptors (Lipinski definition) is 4. The molecule has 0 radical (unpaired) electrons. The van der Waals surface area contributed by atoms with Crippen LogP contribution in [0.3, 0.4) is 0 Å². The Morgan fingerprint density at radius 1 is 1.29 bits per heavy atom. The van der Waals surface area contributed by atoms with Crippen molar-refractivity contribution in [3.05, 3.63) is 0 Å². The number of nitrogens with zero attached hydrogens (tertiary/aromatic N) is 1. The van der Waals surface area contributed by atoms with Crippen molar-refractivity contribution in [1.82, 2.24) is 4.90 Å². The van der Waals surface area contributed by atoms with Gasteiger partial charge < -0.3 is 14.6 Å². The Kier molecular flexibility index (Phi) is 5.67. The molecule has 1 amide bonds. The van der Waals surface area contributed by atoms with Crippen LogP contribution in [-0.4, -0.2) is 53.1 Å². The summed E-state index contributed by atoms with van der Waals surface area (Å²) in [5, 5.41) is 10.3. The summed E-state index contributed by atoms with van der Waals surface area (Å²) >= 11 is 0. The van der Waals surface area contributed by atoms with Gasteiger partial charge in [-0.3, -0.25) is 4.90 Å². The normalized spacial score (nSPS) is 25.6. The van der Waals surface area contributed by atoms with Crippen LogP contribution in [0.15, 0.2) is 0 Å². The standard InChI is InChI=1S/C16H31NO4/c1-11-9-20-10-12(8-13(18)15(2,3)4)17(11)14(19)21-16(5,6)7/h11-13,18H,8-10H2,1-7H3. The van der Waals surface area contributed by atoms with Gasteiger partial charge in [-0.1, -0.05) is 20.8 Å². The first kappa shape index (κ1) is 18.2. The molecule has 21 heavy (non-hydrogen) atoms. The van der Waals surface area contributed by atoms with Crippen LogP contribution in [-0.2, 0) is 9.47 Å². The van der Waals surface area contributed by atoms with Crippen molar-refractivity contribution >= 4 is 6.09 Å². The van der Waals surface area contributed by atoms with E-state index in [9.17, 15) is 9.90 Å². The lowest BCUT2D eigenvalue weighted by atomic mass is 9.85. The summed E-state index contributed by atoms with van der Waals surface area (Å²) in [5.74, 6) is 0. The van der Waals surface area contributed by atoms with E-state index in [4.69, 9.17) is 9.47 Å². The van der Waals surface area contributed by atoms with Gasteiger partial charge in [0.25, 0.3) is 0 Å². The molecule has 5 heteroatoms. The zero-order chi connectivity index (χ0) is 16.4. The van der Waals surface area contributed by atoms with Gasteiger partial charge in [0.15, 0.2) is 0 Å². The summed E-state index contributed by atoms with van der Waals surface area (Å²) < 4.78 is 11.1. The number of carbonyl (C=O) groups is 1. The molecule has 1 fully saturated rings. The second-order valence-electron chi connectivity index (χ2n) is 8.05. The van der Waals surface area contributed by atoms with Crippen LogP contribution in [0.2, 0.25) is 0 Å². The Bertz CT molecular complexity index is 356. The molecule has 1 aliphatic heterocycles. The molecule has 124 valence electrons. The molecule has 0 bridgehead atoms. The lowest BCUT2D eigenvalue weighted by Crippen LogP contribution is -2.56. The number of morpholine rings is 1. The third-order valence-corrected chi connectivity index (χ3v) is 3.64. The fourth-order valence-corrected chi connectivity index (χ4v) is 2.33. The molecule has 0 aliphatic carbocycles. The van der Waals surface area contributed by atoms with Crippen molar-refractivity contribution in [1.29, 1.82) is 0 Å². The molecule has 1 aliphatic rings. The van der Waals surface area contributed by atoms with Crippen molar-refractivity contribution in [3.8, 4) is 0 Å². The zero-order valence-corrected chi connectivity index (χ0v) is 14.5. The molecule has 5 nitrogen and oxygen atoms in total. The van der Waals surface area contributed by atoms with Crippen LogP contribution >= 0.6 is 0 Å². The summed E-state index contributed by atoms with van der Waals surface area (Å²) in [5.41, 5.74) is -0.747. The first-order valence-electron chi connectivity index (χ1n) is 7.69. The Balaban J connectivity index is 2.82. The minimum absolute atomic E-state index is 0.0502. The molecule has 0 spiro atoms. The highest BCUT2D eigenvalue weighted by molar-refractivity contribution is 5.69. The first-order valence-corrected chi connectivity index (χ1v) is 7.69. The molecule has 1 rings (SSSR count). The van der Waals surface area contributed by atoms with Gasteiger partial charge in [-0.05, 0) is 39.5 Å². The lowest BCUT2D eigenvalue weighted by Gasteiger charge is -2.42. The van der Waals surface area contributed by atoms with Crippen molar-refractivity contribution in [3.63, 3.8) is 0 Å². The number of aliphatic hydroxyl groups is 1. The molecule has 1 heterocycles. The predicted molar refractivity (Wildman–Crippen MR) is 82.2 cm³/mol. The molecule has 3 atom stereocenters. The van der Waals surface area contributed by atoms with Crippen LogP contribution in [0.25, 0.3) is 0 Å². The average Bonchev–Trinajstić information content (AvgIpc) is 2.24. The molecule has 0 aromatic carbocycles. The fraction of sp³-hybridized carbons (Fsp3) is 0.938.